The van der Waals surface area contributed by atoms with Crippen LogP contribution < -0.4 is 10.6 Å². The summed E-state index contributed by atoms with van der Waals surface area (Å²) in [6.07, 6.45) is 2.40. The molecule has 0 bridgehead atoms. The molecule has 0 saturated carbocycles. The summed E-state index contributed by atoms with van der Waals surface area (Å²) < 4.78 is 1.96. The van der Waals surface area contributed by atoms with Gasteiger partial charge in [0, 0.05) is 25.3 Å². The second-order valence-electron chi connectivity index (χ2n) is 5.65. The Kier molecular flexibility index (Phi) is 5.36. The first kappa shape index (κ1) is 17.0. The highest BCUT2D eigenvalue weighted by molar-refractivity contribution is 6.05. The van der Waals surface area contributed by atoms with Gasteiger partial charge < -0.3 is 15.2 Å². The minimum atomic E-state index is -0.758. The lowest BCUT2D eigenvalue weighted by atomic mass is 10.2. The van der Waals surface area contributed by atoms with E-state index in [2.05, 4.69) is 15.6 Å². The summed E-state index contributed by atoms with van der Waals surface area (Å²) in [5.41, 5.74) is 2.03. The highest BCUT2D eigenvalue weighted by atomic mass is 16.2. The number of carbonyl (C=O) groups is 3. The normalized spacial score (nSPS) is 17.5. The van der Waals surface area contributed by atoms with Crippen molar-refractivity contribution in [3.05, 3.63) is 17.7 Å². The third-order valence-corrected chi connectivity index (χ3v) is 3.96. The minimum absolute atomic E-state index is 0.0350. The molecule has 0 spiro atoms. The van der Waals surface area contributed by atoms with Crippen LogP contribution in [0.15, 0.2) is 6.33 Å². The van der Waals surface area contributed by atoms with Crippen LogP contribution in [0.2, 0.25) is 0 Å². The van der Waals surface area contributed by atoms with Gasteiger partial charge in [0.1, 0.15) is 6.04 Å². The largest absolute Gasteiger partial charge is 0.354 e. The Morgan fingerprint density at radius 2 is 2.09 bits per heavy atom. The molecule has 0 aromatic carbocycles. The smallest absolute Gasteiger partial charge is 0.324 e. The molecule has 1 aromatic heterocycles. The molecule has 0 aliphatic carbocycles. The molecule has 2 heterocycles. The number of amides is 4. The summed E-state index contributed by atoms with van der Waals surface area (Å²) in [5.74, 6) is -0.579. The van der Waals surface area contributed by atoms with Crippen molar-refractivity contribution in [3.63, 3.8) is 0 Å². The van der Waals surface area contributed by atoms with Crippen molar-refractivity contribution in [2.45, 2.75) is 46.2 Å². The van der Waals surface area contributed by atoms with E-state index < -0.39 is 12.1 Å². The Balaban J connectivity index is 1.78. The van der Waals surface area contributed by atoms with Crippen LogP contribution in [0.25, 0.3) is 0 Å². The number of hydrogen-bond donors (Lipinski definition) is 2. The fourth-order valence-electron chi connectivity index (χ4n) is 2.49. The van der Waals surface area contributed by atoms with E-state index in [1.54, 1.807) is 6.33 Å². The van der Waals surface area contributed by atoms with Crippen LogP contribution in [-0.2, 0) is 16.1 Å². The standard InChI is InChI=1S/C15H23N5O3/c1-4-6-20-14(22)12(18-15(20)23)8-13(21)16-5-7-19-9-17-10(2)11(19)3/h9,12H,4-8H2,1-3H3,(H,16,21)(H,18,23)/t12-/m1/s1. The van der Waals surface area contributed by atoms with E-state index in [1.807, 2.05) is 25.3 Å². The van der Waals surface area contributed by atoms with E-state index in [1.165, 1.54) is 0 Å². The number of nitrogens with one attached hydrogen (secondary N) is 2. The number of nitrogens with zero attached hydrogens (tertiary/aromatic N) is 3. The summed E-state index contributed by atoms with van der Waals surface area (Å²) in [4.78, 5) is 41.0. The monoisotopic (exact) mass is 321 g/mol. The lowest BCUT2D eigenvalue weighted by molar-refractivity contribution is -0.130. The predicted molar refractivity (Wildman–Crippen MR) is 83.7 cm³/mol. The molecule has 1 aromatic rings. The van der Waals surface area contributed by atoms with Crippen molar-refractivity contribution in [3.8, 4) is 0 Å². The average Bonchev–Trinajstić information content (AvgIpc) is 2.95. The van der Waals surface area contributed by atoms with E-state index in [4.69, 9.17) is 0 Å². The molecular weight excluding hydrogens is 298 g/mol. The molecule has 23 heavy (non-hydrogen) atoms. The van der Waals surface area contributed by atoms with Gasteiger partial charge in [-0.05, 0) is 20.3 Å². The van der Waals surface area contributed by atoms with Gasteiger partial charge in [0.05, 0.1) is 18.4 Å². The van der Waals surface area contributed by atoms with Gasteiger partial charge in [-0.1, -0.05) is 6.92 Å². The Morgan fingerprint density at radius 1 is 1.35 bits per heavy atom. The van der Waals surface area contributed by atoms with Crippen molar-refractivity contribution in [2.24, 2.45) is 0 Å². The zero-order valence-corrected chi connectivity index (χ0v) is 13.8. The van der Waals surface area contributed by atoms with E-state index in [0.29, 0.717) is 26.1 Å². The Labute approximate surface area is 135 Å². The van der Waals surface area contributed by atoms with Gasteiger partial charge in [-0.15, -0.1) is 0 Å². The van der Waals surface area contributed by atoms with Gasteiger partial charge in [-0.3, -0.25) is 14.5 Å². The number of carbonyl (C=O) groups excluding carboxylic acids is 3. The van der Waals surface area contributed by atoms with Gasteiger partial charge in [-0.2, -0.15) is 0 Å². The Morgan fingerprint density at radius 3 is 2.70 bits per heavy atom. The number of imide groups is 1. The first-order valence-electron chi connectivity index (χ1n) is 7.81. The lowest BCUT2D eigenvalue weighted by Crippen LogP contribution is -2.37. The molecule has 126 valence electrons. The zero-order valence-electron chi connectivity index (χ0n) is 13.8. The van der Waals surface area contributed by atoms with Gasteiger partial charge in [0.15, 0.2) is 0 Å². The number of aromatic nitrogens is 2. The quantitative estimate of drug-likeness (QED) is 0.708. The molecule has 1 aliphatic heterocycles. The highest BCUT2D eigenvalue weighted by Gasteiger charge is 2.38. The maximum atomic E-state index is 12.0. The molecular formula is C15H23N5O3. The molecule has 2 rings (SSSR count). The first-order chi connectivity index (χ1) is 10.9. The maximum absolute atomic E-state index is 12.0. The molecule has 1 fully saturated rings. The van der Waals surface area contributed by atoms with Crippen molar-refractivity contribution in [1.82, 2.24) is 25.1 Å². The number of rotatable bonds is 7. The fraction of sp³-hybridized carbons (Fsp3) is 0.600. The second kappa shape index (κ2) is 7.26. The molecule has 4 amide bonds. The molecule has 1 atom stereocenters. The number of aryl methyl sites for hydroxylation is 1. The van der Waals surface area contributed by atoms with Crippen LogP contribution in [-0.4, -0.2) is 51.4 Å². The van der Waals surface area contributed by atoms with Crippen LogP contribution in [0, 0.1) is 13.8 Å². The Bertz CT molecular complexity index is 610. The molecule has 8 nitrogen and oxygen atoms in total. The predicted octanol–water partition coefficient (Wildman–Crippen LogP) is 0.337. The summed E-state index contributed by atoms with van der Waals surface area (Å²) in [6.45, 7) is 7.23. The SMILES string of the molecule is CCCN1C(=O)N[C@H](CC(=O)NCCn2cnc(C)c2C)C1=O. The first-order valence-corrected chi connectivity index (χ1v) is 7.81. The third kappa shape index (κ3) is 3.88. The molecule has 1 saturated heterocycles. The van der Waals surface area contributed by atoms with E-state index in [9.17, 15) is 14.4 Å². The van der Waals surface area contributed by atoms with Gasteiger partial charge in [-0.25, -0.2) is 9.78 Å². The van der Waals surface area contributed by atoms with E-state index in [0.717, 1.165) is 16.3 Å². The number of urea groups is 1. The summed E-state index contributed by atoms with van der Waals surface area (Å²) >= 11 is 0. The second-order valence-corrected chi connectivity index (χ2v) is 5.65. The van der Waals surface area contributed by atoms with Crippen LogP contribution in [0.5, 0.6) is 0 Å². The van der Waals surface area contributed by atoms with Crippen LogP contribution in [0.4, 0.5) is 4.79 Å². The van der Waals surface area contributed by atoms with E-state index in [-0.39, 0.29) is 18.2 Å². The van der Waals surface area contributed by atoms with Crippen molar-refractivity contribution < 1.29 is 14.4 Å². The fourth-order valence-corrected chi connectivity index (χ4v) is 2.49. The van der Waals surface area contributed by atoms with E-state index >= 15 is 0 Å². The maximum Gasteiger partial charge on any atom is 0.324 e. The molecule has 8 heteroatoms. The van der Waals surface area contributed by atoms with Crippen molar-refractivity contribution in [2.75, 3.05) is 13.1 Å². The summed E-state index contributed by atoms with van der Waals surface area (Å²) in [5, 5.41) is 5.32. The number of imidazole rings is 1. The van der Waals surface area contributed by atoms with Crippen LogP contribution in [0.3, 0.4) is 0 Å². The molecule has 0 radical (unpaired) electrons. The highest BCUT2D eigenvalue weighted by Crippen LogP contribution is 2.10. The van der Waals surface area contributed by atoms with Gasteiger partial charge in [0.2, 0.25) is 5.91 Å². The van der Waals surface area contributed by atoms with Gasteiger partial charge >= 0.3 is 6.03 Å². The van der Waals surface area contributed by atoms with Gasteiger partial charge in [0.25, 0.3) is 5.91 Å². The summed E-state index contributed by atoms with van der Waals surface area (Å²) in [7, 11) is 0. The molecule has 0 unspecified atom stereocenters. The number of hydrogen-bond acceptors (Lipinski definition) is 4. The van der Waals surface area contributed by atoms with Crippen molar-refractivity contribution >= 4 is 17.8 Å². The Hall–Kier alpha value is -2.38. The third-order valence-electron chi connectivity index (χ3n) is 3.96. The minimum Gasteiger partial charge on any atom is -0.354 e. The van der Waals surface area contributed by atoms with Crippen LogP contribution in [0.1, 0.15) is 31.2 Å². The molecule has 2 N–H and O–H groups in total. The average molecular weight is 321 g/mol. The summed E-state index contributed by atoms with van der Waals surface area (Å²) in [6, 6.07) is -1.18. The molecule has 1 aliphatic rings. The topological polar surface area (TPSA) is 96.3 Å². The zero-order chi connectivity index (χ0) is 17.0. The lowest BCUT2D eigenvalue weighted by Gasteiger charge is -2.11. The van der Waals surface area contributed by atoms with Crippen molar-refractivity contribution in [1.29, 1.82) is 0 Å². The van der Waals surface area contributed by atoms with Crippen LogP contribution >= 0.6 is 0 Å².